The number of rotatable bonds is 3. The largest absolute Gasteiger partial charge is 0.369 e. The molecule has 0 aliphatic heterocycles. The highest BCUT2D eigenvalue weighted by Crippen LogP contribution is 1.72. The minimum absolute atomic E-state index is 0.123. The van der Waals surface area contributed by atoms with Crippen LogP contribution in [0.2, 0.25) is 0 Å². The van der Waals surface area contributed by atoms with Crippen LogP contribution in [0.4, 0.5) is 0 Å². The van der Waals surface area contributed by atoms with Crippen molar-refractivity contribution in [2.75, 3.05) is 13.1 Å². The summed E-state index contributed by atoms with van der Waals surface area (Å²) in [5.74, 6) is 4.90. The summed E-state index contributed by atoms with van der Waals surface area (Å²) in [7, 11) is 0. The summed E-state index contributed by atoms with van der Waals surface area (Å²) < 4.78 is 0. The van der Waals surface area contributed by atoms with Crippen LogP contribution < -0.4 is 16.9 Å². The number of nitrogens with one attached hydrogen (secondary N) is 2. The summed E-state index contributed by atoms with van der Waals surface area (Å²) in [5.41, 5.74) is 5.02. The quantitative estimate of drug-likeness (QED) is 0.168. The number of hydrogen-bond donors (Lipinski definition) is 4. The molecule has 0 saturated carbocycles. The smallest absolute Gasteiger partial charge is 0.216 e. The topological polar surface area (TPSA) is 108 Å². The third kappa shape index (κ3) is 5.16. The van der Waals surface area contributed by atoms with Crippen molar-refractivity contribution < 1.29 is 4.79 Å². The molecule has 0 heterocycles. The third-order valence-corrected chi connectivity index (χ3v) is 1.04. The van der Waals surface area contributed by atoms with Crippen LogP contribution in [0.5, 0.6) is 0 Å². The molecule has 0 aromatic carbocycles. The molecule has 0 saturated heterocycles. The van der Waals surface area contributed by atoms with Crippen LogP contribution in [-0.2, 0) is 4.79 Å². The van der Waals surface area contributed by atoms with Crippen LogP contribution >= 0.6 is 0 Å². The highest BCUT2D eigenvalue weighted by atomic mass is 16.1. The maximum Gasteiger partial charge on any atom is 0.216 e. The Balaban J connectivity index is 3.39. The van der Waals surface area contributed by atoms with E-state index >= 15 is 0 Å². The van der Waals surface area contributed by atoms with E-state index in [1.165, 1.54) is 6.92 Å². The fraction of sp³-hybridized carbons (Fsp3) is 0.600. The zero-order valence-electron chi connectivity index (χ0n) is 6.42. The molecule has 0 aliphatic rings. The number of nitrogens with two attached hydrogens (primary N) is 2. The standard InChI is InChI=1S/C5H13N5O/c1-4(11)9-2-3-10(8)5(6)7/h2-3,8H2,1H3,(H3,6,7)(H,9,11). The Hall–Kier alpha value is -1.30. The Bertz CT molecular complexity index is 157. The Kier molecular flexibility index (Phi) is 3.97. The van der Waals surface area contributed by atoms with Crippen molar-refractivity contribution in [2.45, 2.75) is 6.92 Å². The first-order chi connectivity index (χ1) is 5.04. The Morgan fingerprint density at radius 3 is 2.64 bits per heavy atom. The van der Waals surface area contributed by atoms with Gasteiger partial charge in [0.05, 0.1) is 6.54 Å². The van der Waals surface area contributed by atoms with E-state index in [2.05, 4.69) is 5.32 Å². The molecule has 0 bridgehead atoms. The van der Waals surface area contributed by atoms with Crippen LogP contribution in [0.1, 0.15) is 6.92 Å². The zero-order valence-corrected chi connectivity index (χ0v) is 6.42. The van der Waals surface area contributed by atoms with E-state index in [1.54, 1.807) is 0 Å². The Morgan fingerprint density at radius 1 is 1.73 bits per heavy atom. The molecule has 0 fully saturated rings. The number of nitrogens with zero attached hydrogens (tertiary/aromatic N) is 1. The van der Waals surface area contributed by atoms with Crippen molar-refractivity contribution in [2.24, 2.45) is 11.6 Å². The van der Waals surface area contributed by atoms with Gasteiger partial charge >= 0.3 is 0 Å². The van der Waals surface area contributed by atoms with Crippen molar-refractivity contribution in [3.05, 3.63) is 0 Å². The predicted molar refractivity (Wildman–Crippen MR) is 41.5 cm³/mol. The first-order valence-corrected chi connectivity index (χ1v) is 3.14. The van der Waals surface area contributed by atoms with Gasteiger partial charge in [-0.3, -0.25) is 15.2 Å². The summed E-state index contributed by atoms with van der Waals surface area (Å²) >= 11 is 0. The van der Waals surface area contributed by atoms with Crippen LogP contribution in [0.25, 0.3) is 0 Å². The number of hydrazine groups is 1. The second-order valence-electron chi connectivity index (χ2n) is 2.06. The van der Waals surface area contributed by atoms with Gasteiger partial charge in [-0.05, 0) is 0 Å². The second kappa shape index (κ2) is 4.51. The molecule has 0 atom stereocenters. The van der Waals surface area contributed by atoms with E-state index < -0.39 is 0 Å². The lowest BCUT2D eigenvalue weighted by Crippen LogP contribution is -2.45. The lowest BCUT2D eigenvalue weighted by atomic mass is 10.5. The van der Waals surface area contributed by atoms with Crippen LogP contribution in [-0.4, -0.2) is 30.0 Å². The van der Waals surface area contributed by atoms with Gasteiger partial charge in [-0.15, -0.1) is 0 Å². The molecule has 6 N–H and O–H groups in total. The van der Waals surface area contributed by atoms with Crippen LogP contribution in [0.3, 0.4) is 0 Å². The Labute approximate surface area is 65.0 Å². The highest BCUT2D eigenvalue weighted by Gasteiger charge is 1.98. The molecule has 0 aliphatic carbocycles. The summed E-state index contributed by atoms with van der Waals surface area (Å²) in [6, 6.07) is 0. The van der Waals surface area contributed by atoms with Crippen molar-refractivity contribution in [1.29, 1.82) is 5.41 Å². The summed E-state index contributed by atoms with van der Waals surface area (Å²) in [5, 5.41) is 10.4. The molecule has 0 aromatic heterocycles. The highest BCUT2D eigenvalue weighted by molar-refractivity contribution is 5.74. The molecule has 0 rings (SSSR count). The van der Waals surface area contributed by atoms with Gasteiger partial charge in [0.15, 0.2) is 0 Å². The summed E-state index contributed by atoms with van der Waals surface area (Å²) in [4.78, 5) is 10.3. The molecule has 6 heteroatoms. The van der Waals surface area contributed by atoms with Crippen molar-refractivity contribution in [3.63, 3.8) is 0 Å². The van der Waals surface area contributed by atoms with Crippen molar-refractivity contribution in [3.8, 4) is 0 Å². The van der Waals surface area contributed by atoms with Crippen molar-refractivity contribution >= 4 is 11.9 Å². The van der Waals surface area contributed by atoms with E-state index in [1.807, 2.05) is 0 Å². The monoisotopic (exact) mass is 159 g/mol. The van der Waals surface area contributed by atoms with Crippen LogP contribution in [0, 0.1) is 5.41 Å². The van der Waals surface area contributed by atoms with Gasteiger partial charge in [0.2, 0.25) is 11.9 Å². The summed E-state index contributed by atoms with van der Waals surface area (Å²) in [6.45, 7) is 2.15. The number of guanidine groups is 1. The molecular weight excluding hydrogens is 146 g/mol. The minimum atomic E-state index is -0.213. The fourth-order valence-electron chi connectivity index (χ4n) is 0.473. The SMILES string of the molecule is CC(=O)NCCN(N)C(=N)N. The zero-order chi connectivity index (χ0) is 8.85. The molecule has 1 amide bonds. The lowest BCUT2D eigenvalue weighted by Gasteiger charge is -2.15. The lowest BCUT2D eigenvalue weighted by molar-refractivity contribution is -0.118. The number of hydrogen-bond acceptors (Lipinski definition) is 3. The summed E-state index contributed by atoms with van der Waals surface area (Å²) in [6.07, 6.45) is 0. The molecule has 64 valence electrons. The van der Waals surface area contributed by atoms with Crippen molar-refractivity contribution in [1.82, 2.24) is 10.3 Å². The maximum atomic E-state index is 10.3. The Morgan fingerprint density at radius 2 is 2.27 bits per heavy atom. The van der Waals surface area contributed by atoms with Gasteiger partial charge in [0, 0.05) is 13.5 Å². The maximum absolute atomic E-state index is 10.3. The van der Waals surface area contributed by atoms with E-state index in [9.17, 15) is 4.79 Å². The average Bonchev–Trinajstić information content (AvgIpc) is 1.86. The van der Waals surface area contributed by atoms with Gasteiger partial charge in [-0.1, -0.05) is 0 Å². The van der Waals surface area contributed by atoms with Gasteiger partial charge in [0.1, 0.15) is 0 Å². The molecule has 0 spiro atoms. The van der Waals surface area contributed by atoms with Gasteiger partial charge in [-0.25, -0.2) is 5.84 Å². The number of carbonyl (C=O) groups excluding carboxylic acids is 1. The second-order valence-corrected chi connectivity index (χ2v) is 2.06. The molecule has 0 unspecified atom stereocenters. The molecule has 6 nitrogen and oxygen atoms in total. The molecule has 11 heavy (non-hydrogen) atoms. The molecule has 0 aromatic rings. The predicted octanol–water partition coefficient (Wildman–Crippen LogP) is -1.81. The van der Waals surface area contributed by atoms with Crippen LogP contribution in [0.15, 0.2) is 0 Å². The fourth-order valence-corrected chi connectivity index (χ4v) is 0.473. The average molecular weight is 159 g/mol. The normalized spacial score (nSPS) is 8.91. The van der Waals surface area contributed by atoms with E-state index in [0.29, 0.717) is 13.1 Å². The van der Waals surface area contributed by atoms with E-state index in [0.717, 1.165) is 5.01 Å². The first kappa shape index (κ1) is 9.70. The van der Waals surface area contributed by atoms with E-state index in [4.69, 9.17) is 17.0 Å². The molecule has 0 radical (unpaired) electrons. The van der Waals surface area contributed by atoms with Gasteiger partial charge in [0.25, 0.3) is 0 Å². The third-order valence-electron chi connectivity index (χ3n) is 1.04. The number of amides is 1. The number of carbonyl (C=O) groups is 1. The van der Waals surface area contributed by atoms with Gasteiger partial charge in [-0.2, -0.15) is 0 Å². The molecular formula is C5H13N5O. The first-order valence-electron chi connectivity index (χ1n) is 3.14. The minimum Gasteiger partial charge on any atom is -0.369 e. The van der Waals surface area contributed by atoms with Gasteiger partial charge < -0.3 is 11.1 Å². The van der Waals surface area contributed by atoms with E-state index in [-0.39, 0.29) is 11.9 Å².